The molecule has 104 valence electrons. The van der Waals surface area contributed by atoms with Gasteiger partial charge in [0.2, 0.25) is 5.91 Å². The van der Waals surface area contributed by atoms with E-state index in [1.165, 1.54) is 11.3 Å². The van der Waals surface area contributed by atoms with E-state index in [1.54, 1.807) is 24.8 Å². The molecule has 3 aromatic rings. The van der Waals surface area contributed by atoms with E-state index in [0.29, 0.717) is 5.13 Å². The molecule has 3 rings (SSSR count). The minimum atomic E-state index is -0.0985. The number of carbonyl (C=O) groups is 1. The molecule has 0 atom stereocenters. The Morgan fingerprint density at radius 3 is 2.76 bits per heavy atom. The molecule has 6 heteroatoms. The van der Waals surface area contributed by atoms with E-state index in [2.05, 4.69) is 20.3 Å². The summed E-state index contributed by atoms with van der Waals surface area (Å²) >= 11 is 1.40. The second kappa shape index (κ2) is 6.23. The number of amides is 1. The number of carbonyl (C=O) groups excluding carboxylic acids is 1. The van der Waals surface area contributed by atoms with Gasteiger partial charge in [-0.25, -0.2) is 4.98 Å². The summed E-state index contributed by atoms with van der Waals surface area (Å²) in [6.45, 7) is 0. The first-order valence-corrected chi connectivity index (χ1v) is 7.24. The number of thiazole rings is 1. The highest BCUT2D eigenvalue weighted by molar-refractivity contribution is 7.14. The number of hydrogen-bond donors (Lipinski definition) is 1. The van der Waals surface area contributed by atoms with Gasteiger partial charge in [0.25, 0.3) is 0 Å². The highest BCUT2D eigenvalue weighted by Gasteiger charge is 2.08. The molecule has 21 heavy (non-hydrogen) atoms. The minimum absolute atomic E-state index is 0.0985. The summed E-state index contributed by atoms with van der Waals surface area (Å²) in [6.07, 6.45) is 7.09. The van der Waals surface area contributed by atoms with Gasteiger partial charge in [-0.3, -0.25) is 14.8 Å². The molecule has 0 spiro atoms. The molecule has 0 aliphatic carbocycles. The lowest BCUT2D eigenvalue weighted by atomic mass is 10.2. The zero-order chi connectivity index (χ0) is 14.5. The van der Waals surface area contributed by atoms with E-state index < -0.39 is 0 Å². The number of anilines is 1. The standard InChI is InChI=1S/C15H12N4OS/c20-14(8-11-2-1-5-17-9-11)19-15-18-13(10-21-15)12-3-6-16-7-4-12/h1-7,9-10H,8H2,(H,18,19,20). The monoisotopic (exact) mass is 296 g/mol. The van der Waals surface area contributed by atoms with Crippen molar-refractivity contribution in [3.8, 4) is 11.3 Å². The van der Waals surface area contributed by atoms with Crippen molar-refractivity contribution >= 4 is 22.4 Å². The van der Waals surface area contributed by atoms with Crippen molar-refractivity contribution in [2.45, 2.75) is 6.42 Å². The smallest absolute Gasteiger partial charge is 0.230 e. The van der Waals surface area contributed by atoms with Gasteiger partial charge in [-0.05, 0) is 23.8 Å². The summed E-state index contributed by atoms with van der Waals surface area (Å²) in [4.78, 5) is 24.3. The van der Waals surface area contributed by atoms with E-state index in [9.17, 15) is 4.79 Å². The Morgan fingerprint density at radius 1 is 1.14 bits per heavy atom. The number of nitrogens with one attached hydrogen (secondary N) is 1. The average molecular weight is 296 g/mol. The van der Waals surface area contributed by atoms with Crippen LogP contribution >= 0.6 is 11.3 Å². The molecule has 0 unspecified atom stereocenters. The van der Waals surface area contributed by atoms with Crippen molar-refractivity contribution in [2.24, 2.45) is 0 Å². The fraction of sp³-hybridized carbons (Fsp3) is 0.0667. The van der Waals surface area contributed by atoms with Crippen molar-refractivity contribution in [1.82, 2.24) is 15.0 Å². The van der Waals surface area contributed by atoms with Crippen molar-refractivity contribution in [1.29, 1.82) is 0 Å². The Kier molecular flexibility index (Phi) is 3.97. The summed E-state index contributed by atoms with van der Waals surface area (Å²) in [5.41, 5.74) is 2.69. The van der Waals surface area contributed by atoms with Gasteiger partial charge in [-0.15, -0.1) is 11.3 Å². The van der Waals surface area contributed by atoms with E-state index in [0.717, 1.165) is 16.8 Å². The highest BCUT2D eigenvalue weighted by Crippen LogP contribution is 2.24. The SMILES string of the molecule is O=C(Cc1cccnc1)Nc1nc(-c2ccncc2)cs1. The number of pyridine rings is 2. The predicted octanol–water partition coefficient (Wildman–Crippen LogP) is 2.78. The molecule has 0 saturated heterocycles. The number of nitrogens with zero attached hydrogens (tertiary/aromatic N) is 3. The van der Waals surface area contributed by atoms with Crippen LogP contribution in [0.5, 0.6) is 0 Å². The third kappa shape index (κ3) is 3.49. The van der Waals surface area contributed by atoms with Gasteiger partial charge in [-0.1, -0.05) is 6.07 Å². The minimum Gasteiger partial charge on any atom is -0.302 e. The molecule has 1 amide bonds. The normalized spacial score (nSPS) is 10.3. The second-order valence-electron chi connectivity index (χ2n) is 4.36. The van der Waals surface area contributed by atoms with Crippen LogP contribution in [0.1, 0.15) is 5.56 Å². The van der Waals surface area contributed by atoms with Crippen LogP contribution in [0, 0.1) is 0 Å². The molecule has 0 fully saturated rings. The van der Waals surface area contributed by atoms with Crippen LogP contribution in [-0.4, -0.2) is 20.9 Å². The van der Waals surface area contributed by atoms with Crippen LogP contribution in [0.25, 0.3) is 11.3 Å². The topological polar surface area (TPSA) is 67.8 Å². The van der Waals surface area contributed by atoms with Crippen molar-refractivity contribution in [3.63, 3.8) is 0 Å². The van der Waals surface area contributed by atoms with Crippen LogP contribution < -0.4 is 5.32 Å². The first-order chi connectivity index (χ1) is 10.3. The molecular formula is C15H12N4OS. The summed E-state index contributed by atoms with van der Waals surface area (Å²) < 4.78 is 0. The Balaban J connectivity index is 1.66. The van der Waals surface area contributed by atoms with Crippen LogP contribution in [0.4, 0.5) is 5.13 Å². The fourth-order valence-corrected chi connectivity index (χ4v) is 2.57. The highest BCUT2D eigenvalue weighted by atomic mass is 32.1. The number of rotatable bonds is 4. The van der Waals surface area contributed by atoms with Crippen molar-refractivity contribution < 1.29 is 4.79 Å². The first-order valence-electron chi connectivity index (χ1n) is 6.36. The molecule has 1 N–H and O–H groups in total. The molecule has 0 aliphatic heterocycles. The van der Waals surface area contributed by atoms with E-state index >= 15 is 0 Å². The Bertz CT molecular complexity index is 728. The molecule has 0 aromatic carbocycles. The van der Waals surface area contributed by atoms with Gasteiger partial charge in [0.15, 0.2) is 5.13 Å². The third-order valence-electron chi connectivity index (χ3n) is 2.81. The van der Waals surface area contributed by atoms with Crippen molar-refractivity contribution in [3.05, 3.63) is 60.0 Å². The third-order valence-corrected chi connectivity index (χ3v) is 3.57. The van der Waals surface area contributed by atoms with Crippen LogP contribution in [0.3, 0.4) is 0 Å². The predicted molar refractivity (Wildman–Crippen MR) is 81.9 cm³/mol. The average Bonchev–Trinajstić information content (AvgIpc) is 2.97. The number of hydrogen-bond acceptors (Lipinski definition) is 5. The summed E-state index contributed by atoms with van der Waals surface area (Å²) in [5.74, 6) is -0.0985. The largest absolute Gasteiger partial charge is 0.302 e. The van der Waals surface area contributed by atoms with Gasteiger partial charge in [0, 0.05) is 35.7 Å². The van der Waals surface area contributed by atoms with E-state index in [4.69, 9.17) is 0 Å². The van der Waals surface area contributed by atoms with Gasteiger partial charge < -0.3 is 5.32 Å². The fourth-order valence-electron chi connectivity index (χ4n) is 1.84. The summed E-state index contributed by atoms with van der Waals surface area (Å²) in [6, 6.07) is 7.46. The Labute approximate surface area is 125 Å². The summed E-state index contributed by atoms with van der Waals surface area (Å²) in [5, 5.41) is 5.31. The lowest BCUT2D eigenvalue weighted by Gasteiger charge is -2.01. The van der Waals surface area contributed by atoms with Crippen LogP contribution in [0.15, 0.2) is 54.4 Å². The zero-order valence-corrected chi connectivity index (χ0v) is 11.9. The van der Waals surface area contributed by atoms with Gasteiger partial charge in [-0.2, -0.15) is 0 Å². The molecule has 0 bridgehead atoms. The van der Waals surface area contributed by atoms with Crippen molar-refractivity contribution in [2.75, 3.05) is 5.32 Å². The van der Waals surface area contributed by atoms with Gasteiger partial charge in [0.05, 0.1) is 12.1 Å². The van der Waals surface area contributed by atoms with E-state index in [-0.39, 0.29) is 12.3 Å². The molecule has 0 radical (unpaired) electrons. The van der Waals surface area contributed by atoms with Crippen LogP contribution in [-0.2, 0) is 11.2 Å². The summed E-state index contributed by atoms with van der Waals surface area (Å²) in [7, 11) is 0. The van der Waals surface area contributed by atoms with Gasteiger partial charge in [0.1, 0.15) is 0 Å². The molecular weight excluding hydrogens is 284 g/mol. The van der Waals surface area contributed by atoms with E-state index in [1.807, 2.05) is 29.6 Å². The Morgan fingerprint density at radius 2 is 2.00 bits per heavy atom. The molecule has 3 aromatic heterocycles. The van der Waals surface area contributed by atoms with Crippen LogP contribution in [0.2, 0.25) is 0 Å². The maximum atomic E-state index is 11.9. The second-order valence-corrected chi connectivity index (χ2v) is 5.22. The lowest BCUT2D eigenvalue weighted by molar-refractivity contribution is -0.115. The van der Waals surface area contributed by atoms with Gasteiger partial charge >= 0.3 is 0 Å². The maximum Gasteiger partial charge on any atom is 0.230 e. The molecule has 0 saturated carbocycles. The Hall–Kier alpha value is -2.60. The molecule has 5 nitrogen and oxygen atoms in total. The first kappa shape index (κ1) is 13.4. The maximum absolute atomic E-state index is 11.9. The molecule has 0 aliphatic rings. The number of aromatic nitrogens is 3. The zero-order valence-electron chi connectivity index (χ0n) is 11.1. The quantitative estimate of drug-likeness (QED) is 0.804. The molecule has 3 heterocycles. The lowest BCUT2D eigenvalue weighted by Crippen LogP contribution is -2.14.